The van der Waals surface area contributed by atoms with Gasteiger partial charge in [-0.05, 0) is 30.7 Å². The van der Waals surface area contributed by atoms with Crippen LogP contribution in [0.5, 0.6) is 0 Å². The van der Waals surface area contributed by atoms with E-state index in [1.165, 1.54) is 24.7 Å². The maximum absolute atomic E-state index is 12.3. The Labute approximate surface area is 122 Å². The fraction of sp³-hybridized carbons (Fsp3) is 0.143. The second-order valence-corrected chi connectivity index (χ2v) is 5.88. The highest BCUT2D eigenvalue weighted by Gasteiger charge is 2.15. The van der Waals surface area contributed by atoms with Crippen molar-refractivity contribution in [2.45, 2.75) is 11.8 Å². The van der Waals surface area contributed by atoms with E-state index in [0.717, 1.165) is 5.56 Å². The van der Waals surface area contributed by atoms with Crippen LogP contribution in [-0.4, -0.2) is 30.1 Å². The topological polar surface area (TPSA) is 92.2 Å². The number of aryl methyl sites for hydroxylation is 1. The van der Waals surface area contributed by atoms with E-state index in [2.05, 4.69) is 26.5 Å². The van der Waals surface area contributed by atoms with E-state index >= 15 is 0 Å². The minimum absolute atomic E-state index is 0.0180. The van der Waals surface area contributed by atoms with Gasteiger partial charge in [0.15, 0.2) is 0 Å². The minimum Gasteiger partial charge on any atom is -0.384 e. The number of hydrogen-bond acceptors (Lipinski definition) is 5. The number of pyridine rings is 2. The number of aromatic nitrogens is 2. The highest BCUT2D eigenvalue weighted by molar-refractivity contribution is 7.92. The highest BCUT2D eigenvalue weighted by atomic mass is 32.2. The molecule has 0 radical (unpaired) electrons. The average Bonchev–Trinajstić information content (AvgIpc) is 2.45. The maximum atomic E-state index is 12.3. The SMILES string of the molecule is Cc1ccnc(NS(=O)(=O)c2cncc(C#CCO)c2)c1. The zero-order chi connectivity index (χ0) is 15.3. The van der Waals surface area contributed by atoms with Crippen molar-refractivity contribution in [2.75, 3.05) is 11.3 Å². The molecule has 0 spiro atoms. The molecule has 0 aliphatic rings. The standard InChI is InChI=1S/C14H13N3O3S/c1-11-4-5-16-14(7-11)17-21(19,20)13-8-12(3-2-6-18)9-15-10-13/h4-5,7-10,18H,6H2,1H3,(H,16,17). The molecule has 2 heterocycles. The summed E-state index contributed by atoms with van der Waals surface area (Å²) in [5, 5.41) is 8.64. The van der Waals surface area contributed by atoms with E-state index in [9.17, 15) is 8.42 Å². The van der Waals surface area contributed by atoms with Crippen molar-refractivity contribution in [3.63, 3.8) is 0 Å². The molecule has 0 saturated carbocycles. The van der Waals surface area contributed by atoms with Gasteiger partial charge in [0.25, 0.3) is 10.0 Å². The fourth-order valence-electron chi connectivity index (χ4n) is 1.56. The molecule has 0 aliphatic heterocycles. The third-order valence-electron chi connectivity index (χ3n) is 2.49. The van der Waals surface area contributed by atoms with Crippen molar-refractivity contribution >= 4 is 15.8 Å². The monoisotopic (exact) mass is 303 g/mol. The van der Waals surface area contributed by atoms with E-state index in [1.807, 2.05) is 6.92 Å². The molecule has 0 bridgehead atoms. The summed E-state index contributed by atoms with van der Waals surface area (Å²) in [7, 11) is -3.78. The maximum Gasteiger partial charge on any atom is 0.264 e. The first kappa shape index (κ1) is 15.0. The Morgan fingerprint density at radius 1 is 1.33 bits per heavy atom. The van der Waals surface area contributed by atoms with Gasteiger partial charge >= 0.3 is 0 Å². The van der Waals surface area contributed by atoms with Gasteiger partial charge in [0.2, 0.25) is 0 Å². The summed E-state index contributed by atoms with van der Waals surface area (Å²) in [6.07, 6.45) is 4.17. The molecule has 2 rings (SSSR count). The van der Waals surface area contributed by atoms with Crippen molar-refractivity contribution in [3.05, 3.63) is 47.9 Å². The lowest BCUT2D eigenvalue weighted by Gasteiger charge is -2.07. The zero-order valence-corrected chi connectivity index (χ0v) is 12.1. The minimum atomic E-state index is -3.78. The number of anilines is 1. The predicted octanol–water partition coefficient (Wildman–Crippen LogP) is 0.930. The third-order valence-corrected chi connectivity index (χ3v) is 3.81. The van der Waals surface area contributed by atoms with Crippen LogP contribution in [0.2, 0.25) is 0 Å². The number of hydrogen-bond donors (Lipinski definition) is 2. The molecule has 7 heteroatoms. The molecule has 0 aliphatic carbocycles. The van der Waals surface area contributed by atoms with Crippen LogP contribution >= 0.6 is 0 Å². The van der Waals surface area contributed by atoms with Crippen LogP contribution in [0.1, 0.15) is 11.1 Å². The number of nitrogens with one attached hydrogen (secondary N) is 1. The van der Waals surface area contributed by atoms with Gasteiger partial charge in [0.1, 0.15) is 17.3 Å². The summed E-state index contributed by atoms with van der Waals surface area (Å²) < 4.78 is 26.9. The molecule has 0 fully saturated rings. The number of nitrogens with zero attached hydrogens (tertiary/aromatic N) is 2. The van der Waals surface area contributed by atoms with E-state index in [0.29, 0.717) is 5.56 Å². The lowest BCUT2D eigenvalue weighted by Crippen LogP contribution is -2.14. The van der Waals surface area contributed by atoms with Crippen molar-refractivity contribution in [1.29, 1.82) is 0 Å². The molecule has 2 aromatic heterocycles. The number of rotatable bonds is 3. The molecule has 6 nitrogen and oxygen atoms in total. The normalized spacial score (nSPS) is 10.6. The Morgan fingerprint density at radius 2 is 2.14 bits per heavy atom. The van der Waals surface area contributed by atoms with Crippen LogP contribution in [0.25, 0.3) is 0 Å². The molecule has 0 saturated heterocycles. The first-order chi connectivity index (χ1) is 10.0. The van der Waals surface area contributed by atoms with Crippen molar-refractivity contribution < 1.29 is 13.5 Å². The molecule has 2 aromatic rings. The smallest absolute Gasteiger partial charge is 0.264 e. The van der Waals surface area contributed by atoms with E-state index in [-0.39, 0.29) is 17.3 Å². The predicted molar refractivity (Wildman–Crippen MR) is 78.0 cm³/mol. The second kappa shape index (κ2) is 6.35. The summed E-state index contributed by atoms with van der Waals surface area (Å²) in [6.45, 7) is 1.54. The first-order valence-electron chi connectivity index (χ1n) is 6.01. The summed E-state index contributed by atoms with van der Waals surface area (Å²) in [4.78, 5) is 7.77. The van der Waals surface area contributed by atoms with Crippen LogP contribution in [-0.2, 0) is 10.0 Å². The summed E-state index contributed by atoms with van der Waals surface area (Å²) >= 11 is 0. The molecule has 0 atom stereocenters. The quantitative estimate of drug-likeness (QED) is 0.823. The summed E-state index contributed by atoms with van der Waals surface area (Å²) in [5.74, 6) is 5.29. The summed E-state index contributed by atoms with van der Waals surface area (Å²) in [5.41, 5.74) is 1.30. The Hall–Kier alpha value is -2.43. The van der Waals surface area contributed by atoms with Crippen molar-refractivity contribution in [3.8, 4) is 11.8 Å². The van der Waals surface area contributed by atoms with Gasteiger partial charge in [-0.2, -0.15) is 0 Å². The molecule has 0 unspecified atom stereocenters. The van der Waals surface area contributed by atoms with E-state index in [4.69, 9.17) is 5.11 Å². The largest absolute Gasteiger partial charge is 0.384 e. The molecule has 21 heavy (non-hydrogen) atoms. The number of sulfonamides is 1. The van der Waals surface area contributed by atoms with Crippen LogP contribution in [0.3, 0.4) is 0 Å². The fourth-order valence-corrected chi connectivity index (χ4v) is 2.55. The van der Waals surface area contributed by atoms with E-state index in [1.54, 1.807) is 12.1 Å². The number of aliphatic hydroxyl groups excluding tert-OH is 1. The second-order valence-electron chi connectivity index (χ2n) is 4.19. The van der Waals surface area contributed by atoms with Gasteiger partial charge in [-0.25, -0.2) is 13.4 Å². The average molecular weight is 303 g/mol. The molecule has 0 aromatic carbocycles. The molecular formula is C14H13N3O3S. The number of aliphatic hydroxyl groups is 1. The van der Waals surface area contributed by atoms with Gasteiger partial charge < -0.3 is 5.11 Å². The van der Waals surface area contributed by atoms with Crippen molar-refractivity contribution in [2.24, 2.45) is 0 Å². The molecule has 108 valence electrons. The molecule has 2 N–H and O–H groups in total. The van der Waals surface area contributed by atoms with Gasteiger partial charge in [-0.3, -0.25) is 9.71 Å². The Kier molecular flexibility index (Phi) is 4.52. The van der Waals surface area contributed by atoms with Gasteiger partial charge in [0.05, 0.1) is 0 Å². The first-order valence-corrected chi connectivity index (χ1v) is 7.50. The van der Waals surface area contributed by atoms with Crippen LogP contribution in [0.15, 0.2) is 41.7 Å². The lowest BCUT2D eigenvalue weighted by atomic mass is 10.3. The Morgan fingerprint density at radius 3 is 2.86 bits per heavy atom. The lowest BCUT2D eigenvalue weighted by molar-refractivity contribution is 0.350. The van der Waals surface area contributed by atoms with Gasteiger partial charge in [-0.15, -0.1) is 0 Å². The van der Waals surface area contributed by atoms with Gasteiger partial charge in [-0.1, -0.05) is 11.8 Å². The Bertz CT molecular complexity index is 807. The Balaban J connectivity index is 2.31. The van der Waals surface area contributed by atoms with Crippen LogP contribution in [0.4, 0.5) is 5.82 Å². The highest BCUT2D eigenvalue weighted by Crippen LogP contribution is 2.15. The third kappa shape index (κ3) is 4.02. The summed E-state index contributed by atoms with van der Waals surface area (Å²) in [6, 6.07) is 4.78. The molecular weight excluding hydrogens is 290 g/mol. The van der Waals surface area contributed by atoms with Crippen LogP contribution < -0.4 is 4.72 Å². The van der Waals surface area contributed by atoms with Crippen molar-refractivity contribution in [1.82, 2.24) is 9.97 Å². The van der Waals surface area contributed by atoms with Gasteiger partial charge in [0, 0.05) is 24.2 Å². The zero-order valence-electron chi connectivity index (χ0n) is 11.2. The molecule has 0 amide bonds. The van der Waals surface area contributed by atoms with E-state index < -0.39 is 10.0 Å². The van der Waals surface area contributed by atoms with Crippen LogP contribution in [0, 0.1) is 18.8 Å².